The molecule has 2 heterocycles. The summed E-state index contributed by atoms with van der Waals surface area (Å²) in [5.41, 5.74) is 0.787. The zero-order chi connectivity index (χ0) is 16.2. The van der Waals surface area contributed by atoms with Gasteiger partial charge in [0.2, 0.25) is 5.91 Å². The van der Waals surface area contributed by atoms with Gasteiger partial charge in [-0.2, -0.15) is 0 Å². The van der Waals surface area contributed by atoms with Crippen molar-refractivity contribution in [2.24, 2.45) is 0 Å². The number of carbonyl (C=O) groups is 1. The average Bonchev–Trinajstić information content (AvgIpc) is 3.21. The van der Waals surface area contributed by atoms with E-state index >= 15 is 0 Å². The van der Waals surface area contributed by atoms with Crippen molar-refractivity contribution < 1.29 is 13.6 Å². The first kappa shape index (κ1) is 16.1. The molecule has 1 amide bonds. The van der Waals surface area contributed by atoms with E-state index in [0.29, 0.717) is 22.9 Å². The number of carbonyl (C=O) groups excluding carboxylic acids is 1. The molecule has 3 rings (SSSR count). The SMILES string of the molecule is Cc1occc1-c1nnc(SCC(=O)N(C)C2CCCCC2)o1. The molecule has 2 aromatic rings. The Bertz CT molecular complexity index is 661. The van der Waals surface area contributed by atoms with Gasteiger partial charge in [0.1, 0.15) is 5.76 Å². The number of hydrogen-bond donors (Lipinski definition) is 0. The minimum atomic E-state index is 0.112. The molecule has 1 saturated carbocycles. The summed E-state index contributed by atoms with van der Waals surface area (Å²) < 4.78 is 10.8. The Hall–Kier alpha value is -1.76. The molecule has 1 fully saturated rings. The molecule has 0 aliphatic heterocycles. The lowest BCUT2D eigenvalue weighted by Gasteiger charge is -2.31. The number of nitrogens with zero attached hydrogens (tertiary/aromatic N) is 3. The molecule has 6 nitrogen and oxygen atoms in total. The summed E-state index contributed by atoms with van der Waals surface area (Å²) in [4.78, 5) is 14.2. The van der Waals surface area contributed by atoms with E-state index < -0.39 is 0 Å². The molecular formula is C16H21N3O3S. The lowest BCUT2D eigenvalue weighted by atomic mass is 9.94. The quantitative estimate of drug-likeness (QED) is 0.779. The van der Waals surface area contributed by atoms with Crippen LogP contribution in [0.15, 0.2) is 26.4 Å². The molecule has 0 unspecified atom stereocenters. The smallest absolute Gasteiger partial charge is 0.277 e. The van der Waals surface area contributed by atoms with E-state index in [2.05, 4.69) is 10.2 Å². The predicted octanol–water partition coefficient (Wildman–Crippen LogP) is 3.52. The highest BCUT2D eigenvalue weighted by Crippen LogP contribution is 2.27. The van der Waals surface area contributed by atoms with Gasteiger partial charge in [0, 0.05) is 13.1 Å². The fourth-order valence-corrected chi connectivity index (χ4v) is 3.57. The van der Waals surface area contributed by atoms with Crippen LogP contribution in [-0.2, 0) is 4.79 Å². The summed E-state index contributed by atoms with van der Waals surface area (Å²) in [6.45, 7) is 1.84. The van der Waals surface area contributed by atoms with Crippen LogP contribution in [0.2, 0.25) is 0 Å². The van der Waals surface area contributed by atoms with Gasteiger partial charge >= 0.3 is 0 Å². The van der Waals surface area contributed by atoms with Crippen molar-refractivity contribution in [3.63, 3.8) is 0 Å². The lowest BCUT2D eigenvalue weighted by Crippen LogP contribution is -2.39. The van der Waals surface area contributed by atoms with Gasteiger partial charge in [-0.25, -0.2) is 0 Å². The van der Waals surface area contributed by atoms with E-state index in [1.807, 2.05) is 18.9 Å². The maximum absolute atomic E-state index is 12.3. The Morgan fingerprint density at radius 2 is 2.13 bits per heavy atom. The van der Waals surface area contributed by atoms with Crippen LogP contribution < -0.4 is 0 Å². The maximum atomic E-state index is 12.3. The molecule has 23 heavy (non-hydrogen) atoms. The molecule has 0 radical (unpaired) electrons. The van der Waals surface area contributed by atoms with Gasteiger partial charge in [0.05, 0.1) is 17.6 Å². The van der Waals surface area contributed by atoms with Gasteiger partial charge in [-0.1, -0.05) is 31.0 Å². The van der Waals surface area contributed by atoms with Crippen LogP contribution >= 0.6 is 11.8 Å². The Labute approximate surface area is 139 Å². The van der Waals surface area contributed by atoms with Crippen LogP contribution in [0.1, 0.15) is 37.9 Å². The zero-order valence-corrected chi connectivity index (χ0v) is 14.3. The van der Waals surface area contributed by atoms with Crippen molar-refractivity contribution in [2.45, 2.75) is 50.3 Å². The average molecular weight is 335 g/mol. The van der Waals surface area contributed by atoms with Crippen molar-refractivity contribution in [1.29, 1.82) is 0 Å². The maximum Gasteiger partial charge on any atom is 0.277 e. The minimum absolute atomic E-state index is 0.112. The zero-order valence-electron chi connectivity index (χ0n) is 13.4. The van der Waals surface area contributed by atoms with Crippen molar-refractivity contribution in [2.75, 3.05) is 12.8 Å². The normalized spacial score (nSPS) is 15.7. The molecule has 2 aromatic heterocycles. The molecule has 0 saturated heterocycles. The number of aryl methyl sites for hydroxylation is 1. The highest BCUT2D eigenvalue weighted by atomic mass is 32.2. The number of thioether (sulfide) groups is 1. The summed E-state index contributed by atoms with van der Waals surface area (Å²) in [7, 11) is 1.90. The molecule has 1 aliphatic rings. The summed E-state index contributed by atoms with van der Waals surface area (Å²) in [5, 5.41) is 8.41. The van der Waals surface area contributed by atoms with Crippen molar-refractivity contribution in [1.82, 2.24) is 15.1 Å². The van der Waals surface area contributed by atoms with E-state index in [-0.39, 0.29) is 5.91 Å². The monoisotopic (exact) mass is 335 g/mol. The van der Waals surface area contributed by atoms with Crippen LogP contribution in [0.5, 0.6) is 0 Å². The molecule has 0 bridgehead atoms. The second-order valence-corrected chi connectivity index (χ2v) is 6.78. The van der Waals surface area contributed by atoms with Gasteiger partial charge in [0.25, 0.3) is 11.1 Å². The third-order valence-electron chi connectivity index (χ3n) is 4.33. The van der Waals surface area contributed by atoms with Crippen LogP contribution in [0.25, 0.3) is 11.5 Å². The summed E-state index contributed by atoms with van der Waals surface area (Å²) >= 11 is 1.28. The molecular weight excluding hydrogens is 314 g/mol. The van der Waals surface area contributed by atoms with E-state index in [1.54, 1.807) is 12.3 Å². The van der Waals surface area contributed by atoms with Gasteiger partial charge in [-0.05, 0) is 25.8 Å². The Balaban J connectivity index is 1.55. The van der Waals surface area contributed by atoms with Gasteiger partial charge in [-0.15, -0.1) is 10.2 Å². The number of aromatic nitrogens is 2. The van der Waals surface area contributed by atoms with Gasteiger partial charge in [-0.3, -0.25) is 4.79 Å². The topological polar surface area (TPSA) is 72.4 Å². The summed E-state index contributed by atoms with van der Waals surface area (Å²) in [6.07, 6.45) is 7.52. The first-order valence-electron chi connectivity index (χ1n) is 7.91. The third kappa shape index (κ3) is 3.77. The number of rotatable bonds is 5. The Morgan fingerprint density at radius 3 is 2.83 bits per heavy atom. The first-order chi connectivity index (χ1) is 11.1. The van der Waals surface area contributed by atoms with E-state index in [1.165, 1.54) is 31.0 Å². The molecule has 124 valence electrons. The van der Waals surface area contributed by atoms with Crippen LogP contribution in [0.4, 0.5) is 0 Å². The predicted molar refractivity (Wildman–Crippen MR) is 87.1 cm³/mol. The first-order valence-corrected chi connectivity index (χ1v) is 8.90. The largest absolute Gasteiger partial charge is 0.469 e. The molecule has 0 N–H and O–H groups in total. The molecule has 1 aliphatic carbocycles. The highest BCUT2D eigenvalue weighted by Gasteiger charge is 2.22. The van der Waals surface area contributed by atoms with Crippen LogP contribution in [-0.4, -0.2) is 39.8 Å². The van der Waals surface area contributed by atoms with E-state index in [0.717, 1.165) is 24.2 Å². The second kappa shape index (κ2) is 7.21. The second-order valence-electron chi connectivity index (χ2n) is 5.85. The van der Waals surface area contributed by atoms with Gasteiger partial charge in [0.15, 0.2) is 0 Å². The van der Waals surface area contributed by atoms with Crippen molar-refractivity contribution in [3.8, 4) is 11.5 Å². The molecule has 7 heteroatoms. The molecule has 0 spiro atoms. The molecule has 0 atom stereocenters. The summed E-state index contributed by atoms with van der Waals surface area (Å²) in [6, 6.07) is 2.17. The van der Waals surface area contributed by atoms with Crippen molar-refractivity contribution in [3.05, 3.63) is 18.1 Å². The third-order valence-corrected chi connectivity index (χ3v) is 5.13. The standard InChI is InChI=1S/C16H21N3O3S/c1-11-13(8-9-21-11)15-17-18-16(22-15)23-10-14(20)19(2)12-6-4-3-5-7-12/h8-9,12H,3-7,10H2,1-2H3. The van der Waals surface area contributed by atoms with E-state index in [9.17, 15) is 4.79 Å². The fourth-order valence-electron chi connectivity index (χ4n) is 2.88. The minimum Gasteiger partial charge on any atom is -0.469 e. The number of amides is 1. The van der Waals surface area contributed by atoms with Crippen LogP contribution in [0.3, 0.4) is 0 Å². The van der Waals surface area contributed by atoms with E-state index in [4.69, 9.17) is 8.83 Å². The Kier molecular flexibility index (Phi) is 5.05. The Morgan fingerprint density at radius 1 is 1.35 bits per heavy atom. The van der Waals surface area contributed by atoms with Crippen molar-refractivity contribution >= 4 is 17.7 Å². The summed E-state index contributed by atoms with van der Waals surface area (Å²) in [5.74, 6) is 1.59. The number of furan rings is 1. The lowest BCUT2D eigenvalue weighted by molar-refractivity contribution is -0.129. The van der Waals surface area contributed by atoms with Crippen LogP contribution in [0, 0.1) is 6.92 Å². The fraction of sp³-hybridized carbons (Fsp3) is 0.562. The molecule has 0 aromatic carbocycles. The highest BCUT2D eigenvalue weighted by molar-refractivity contribution is 7.99. The van der Waals surface area contributed by atoms with Gasteiger partial charge < -0.3 is 13.7 Å². The number of hydrogen-bond acceptors (Lipinski definition) is 6.